The van der Waals surface area contributed by atoms with Crippen molar-refractivity contribution in [2.24, 2.45) is 0 Å². The molecule has 0 aliphatic carbocycles. The number of nitrogens with zero attached hydrogens (tertiary/aromatic N) is 1. The molecule has 0 bridgehead atoms. The van der Waals surface area contributed by atoms with Gasteiger partial charge in [-0.05, 0) is 12.1 Å². The second kappa shape index (κ2) is 5.12. The number of halogens is 1. The van der Waals surface area contributed by atoms with Gasteiger partial charge >= 0.3 is 0 Å². The van der Waals surface area contributed by atoms with Crippen molar-refractivity contribution in [1.82, 2.24) is 4.90 Å². The molecule has 1 amide bonds. The highest BCUT2D eigenvalue weighted by Crippen LogP contribution is 2.35. The van der Waals surface area contributed by atoms with Crippen molar-refractivity contribution in [3.05, 3.63) is 34.5 Å². The van der Waals surface area contributed by atoms with Crippen LogP contribution in [0.25, 0.3) is 10.1 Å². The van der Waals surface area contributed by atoms with E-state index in [-0.39, 0.29) is 18.3 Å². The third-order valence-corrected chi connectivity index (χ3v) is 4.58. The summed E-state index contributed by atoms with van der Waals surface area (Å²) in [6.07, 6.45) is -0.448. The summed E-state index contributed by atoms with van der Waals surface area (Å²) in [7, 11) is 1.52. The lowest BCUT2D eigenvalue weighted by Gasteiger charge is -2.35. The van der Waals surface area contributed by atoms with Crippen molar-refractivity contribution < 1.29 is 19.0 Å². The van der Waals surface area contributed by atoms with Gasteiger partial charge in [0.2, 0.25) is 0 Å². The Balaban J connectivity index is 2.07. The number of β-amino-alcohol motifs (C(OH)–C–C–N with tert-alkyl or cyclic N) is 1. The van der Waals surface area contributed by atoms with Crippen LogP contribution in [0.15, 0.2) is 18.2 Å². The van der Waals surface area contributed by atoms with Crippen molar-refractivity contribution in [3.63, 3.8) is 0 Å². The first-order valence-corrected chi connectivity index (χ1v) is 7.09. The number of hydrogen-bond donors (Lipinski definition) is 1. The van der Waals surface area contributed by atoms with Crippen LogP contribution < -0.4 is 0 Å². The first kappa shape index (κ1) is 13.5. The fourth-order valence-electron chi connectivity index (χ4n) is 2.39. The van der Waals surface area contributed by atoms with Gasteiger partial charge in [0.05, 0.1) is 17.6 Å². The highest BCUT2D eigenvalue weighted by atomic mass is 32.1. The van der Waals surface area contributed by atoms with Crippen LogP contribution in [0, 0.1) is 5.82 Å². The van der Waals surface area contributed by atoms with E-state index < -0.39 is 6.10 Å². The summed E-state index contributed by atoms with van der Waals surface area (Å²) in [6, 6.07) is 4.81. The molecule has 2 aromatic rings. The molecular formula is C14H14FNO3S. The minimum atomic E-state index is -0.448. The van der Waals surface area contributed by atoms with E-state index in [0.29, 0.717) is 28.9 Å². The van der Waals surface area contributed by atoms with Gasteiger partial charge in [-0.25, -0.2) is 4.39 Å². The van der Waals surface area contributed by atoms with E-state index in [0.717, 1.165) is 4.70 Å². The number of amides is 1. The maximum absolute atomic E-state index is 14.0. The monoisotopic (exact) mass is 295 g/mol. The Kier molecular flexibility index (Phi) is 3.45. The lowest BCUT2D eigenvalue weighted by Crippen LogP contribution is -2.53. The summed E-state index contributed by atoms with van der Waals surface area (Å²) in [5.74, 6) is -0.503. The number of hydrogen-bond acceptors (Lipinski definition) is 4. The summed E-state index contributed by atoms with van der Waals surface area (Å²) < 4.78 is 19.8. The highest BCUT2D eigenvalue weighted by molar-refractivity contribution is 7.21. The summed E-state index contributed by atoms with van der Waals surface area (Å²) >= 11 is 1.27. The zero-order valence-corrected chi connectivity index (χ0v) is 11.7. The summed E-state index contributed by atoms with van der Waals surface area (Å²) in [5, 5.41) is 9.76. The zero-order valence-electron chi connectivity index (χ0n) is 10.9. The van der Waals surface area contributed by atoms with Gasteiger partial charge in [-0.1, -0.05) is 6.07 Å². The molecule has 1 aromatic carbocycles. The number of benzene rings is 1. The lowest BCUT2D eigenvalue weighted by molar-refractivity contribution is 0.00605. The van der Waals surface area contributed by atoms with Crippen LogP contribution in [-0.2, 0) is 11.3 Å². The van der Waals surface area contributed by atoms with Crippen LogP contribution in [0.1, 0.15) is 15.2 Å². The summed E-state index contributed by atoms with van der Waals surface area (Å²) in [6.45, 7) is 0.863. The number of aliphatic hydroxyl groups is 1. The molecular weight excluding hydrogens is 281 g/mol. The number of likely N-dealkylation sites (tertiary alicyclic amines) is 1. The maximum Gasteiger partial charge on any atom is 0.264 e. The smallest absolute Gasteiger partial charge is 0.264 e. The number of aliphatic hydroxyl groups excluding tert-OH is 1. The average molecular weight is 295 g/mol. The van der Waals surface area contributed by atoms with Crippen LogP contribution in [0.5, 0.6) is 0 Å². The molecule has 20 heavy (non-hydrogen) atoms. The fourth-order valence-corrected chi connectivity index (χ4v) is 3.58. The van der Waals surface area contributed by atoms with Crippen LogP contribution in [0.3, 0.4) is 0 Å². The van der Waals surface area contributed by atoms with Crippen molar-refractivity contribution in [3.8, 4) is 0 Å². The highest BCUT2D eigenvalue weighted by Gasteiger charge is 2.32. The van der Waals surface area contributed by atoms with Gasteiger partial charge in [-0.3, -0.25) is 4.79 Å². The number of ether oxygens (including phenoxy) is 1. The van der Waals surface area contributed by atoms with E-state index in [9.17, 15) is 14.3 Å². The average Bonchev–Trinajstić information content (AvgIpc) is 2.75. The third-order valence-electron chi connectivity index (χ3n) is 3.40. The summed E-state index contributed by atoms with van der Waals surface area (Å²) in [4.78, 5) is 14.5. The van der Waals surface area contributed by atoms with Gasteiger partial charge in [-0.15, -0.1) is 11.3 Å². The molecule has 0 radical (unpaired) electrons. The molecule has 1 aliphatic rings. The fraction of sp³-hybridized carbons (Fsp3) is 0.357. The first-order chi connectivity index (χ1) is 9.61. The second-order valence-corrected chi connectivity index (χ2v) is 5.87. The van der Waals surface area contributed by atoms with Gasteiger partial charge in [0.25, 0.3) is 5.91 Å². The maximum atomic E-state index is 14.0. The van der Waals surface area contributed by atoms with Gasteiger partial charge in [0, 0.05) is 35.8 Å². The molecule has 4 nitrogen and oxygen atoms in total. The molecule has 6 heteroatoms. The van der Waals surface area contributed by atoms with Crippen molar-refractivity contribution in [2.75, 3.05) is 20.2 Å². The van der Waals surface area contributed by atoms with Crippen LogP contribution in [0.2, 0.25) is 0 Å². The Hall–Kier alpha value is -1.50. The topological polar surface area (TPSA) is 49.8 Å². The normalized spacial score (nSPS) is 15.7. The van der Waals surface area contributed by atoms with Gasteiger partial charge in [0.15, 0.2) is 0 Å². The molecule has 106 valence electrons. The van der Waals surface area contributed by atoms with Crippen LogP contribution in [0.4, 0.5) is 4.39 Å². The van der Waals surface area contributed by atoms with Crippen molar-refractivity contribution in [1.29, 1.82) is 0 Å². The standard InChI is InChI=1S/C14H14FNO3S/c1-19-7-9-12-10(15)3-2-4-11(12)20-13(9)14(18)16-5-8(17)6-16/h2-4,8,17H,5-7H2,1H3. The Morgan fingerprint density at radius 3 is 2.95 bits per heavy atom. The van der Waals surface area contributed by atoms with Gasteiger partial charge in [-0.2, -0.15) is 0 Å². The van der Waals surface area contributed by atoms with E-state index in [1.165, 1.54) is 24.5 Å². The molecule has 0 spiro atoms. The molecule has 1 aliphatic heterocycles. The molecule has 0 atom stereocenters. The minimum absolute atomic E-state index is 0.164. The molecule has 2 heterocycles. The first-order valence-electron chi connectivity index (χ1n) is 6.28. The number of methoxy groups -OCH3 is 1. The van der Waals surface area contributed by atoms with E-state index in [1.807, 2.05) is 0 Å². The molecule has 0 unspecified atom stereocenters. The van der Waals surface area contributed by atoms with E-state index >= 15 is 0 Å². The number of carbonyl (C=O) groups is 1. The zero-order chi connectivity index (χ0) is 14.3. The van der Waals surface area contributed by atoms with Crippen molar-refractivity contribution in [2.45, 2.75) is 12.7 Å². The molecule has 3 rings (SSSR count). The molecule has 1 N–H and O–H groups in total. The quantitative estimate of drug-likeness (QED) is 0.942. The molecule has 1 aromatic heterocycles. The molecule has 1 saturated heterocycles. The lowest BCUT2D eigenvalue weighted by atomic mass is 10.1. The van der Waals surface area contributed by atoms with E-state index in [4.69, 9.17) is 4.74 Å². The SMILES string of the molecule is COCc1c(C(=O)N2CC(O)C2)sc2cccc(F)c12. The van der Waals surface area contributed by atoms with E-state index in [2.05, 4.69) is 0 Å². The Labute approximate surface area is 119 Å². The number of rotatable bonds is 3. The number of fused-ring (bicyclic) bond motifs is 1. The van der Waals surface area contributed by atoms with E-state index in [1.54, 1.807) is 17.0 Å². The van der Waals surface area contributed by atoms with Crippen LogP contribution >= 0.6 is 11.3 Å². The number of thiophene rings is 1. The predicted molar refractivity (Wildman–Crippen MR) is 74.4 cm³/mol. The Morgan fingerprint density at radius 1 is 1.55 bits per heavy atom. The predicted octanol–water partition coefficient (Wildman–Crippen LogP) is 2.00. The Morgan fingerprint density at radius 2 is 2.30 bits per heavy atom. The minimum Gasteiger partial charge on any atom is -0.389 e. The largest absolute Gasteiger partial charge is 0.389 e. The summed E-state index contributed by atoms with van der Waals surface area (Å²) in [5.41, 5.74) is 0.594. The number of carbonyl (C=O) groups excluding carboxylic acids is 1. The van der Waals surface area contributed by atoms with Crippen LogP contribution in [-0.4, -0.2) is 42.2 Å². The van der Waals surface area contributed by atoms with Gasteiger partial charge < -0.3 is 14.7 Å². The third kappa shape index (κ3) is 2.09. The van der Waals surface area contributed by atoms with Gasteiger partial charge in [0.1, 0.15) is 5.82 Å². The van der Waals surface area contributed by atoms with Crippen molar-refractivity contribution >= 4 is 27.3 Å². The molecule has 0 saturated carbocycles. The Bertz CT molecular complexity index is 664. The molecule has 1 fully saturated rings. The second-order valence-electron chi connectivity index (χ2n) is 4.82.